The normalized spacial score (nSPS) is 17.4. The van der Waals surface area contributed by atoms with Gasteiger partial charge in [0, 0.05) is 12.1 Å². The van der Waals surface area contributed by atoms with Crippen molar-refractivity contribution in [3.63, 3.8) is 0 Å². The Morgan fingerprint density at radius 2 is 1.79 bits per heavy atom. The topological polar surface area (TPSA) is 55.6 Å². The summed E-state index contributed by atoms with van der Waals surface area (Å²) in [5.41, 5.74) is 4.49. The van der Waals surface area contributed by atoms with Crippen molar-refractivity contribution in [3.05, 3.63) is 0 Å². The summed E-state index contributed by atoms with van der Waals surface area (Å²) in [6, 6.07) is -0.791. The van der Waals surface area contributed by atoms with Crippen LogP contribution in [0.3, 0.4) is 0 Å². The van der Waals surface area contributed by atoms with E-state index in [-0.39, 0.29) is 12.5 Å². The zero-order valence-corrected chi connectivity index (χ0v) is 12.0. The molecule has 114 valence electrons. The highest BCUT2D eigenvalue weighted by molar-refractivity contribution is 5.79. The lowest BCUT2D eigenvalue weighted by Crippen LogP contribution is -2.53. The van der Waals surface area contributed by atoms with Gasteiger partial charge in [-0.3, -0.25) is 9.69 Å². The van der Waals surface area contributed by atoms with Crippen LogP contribution < -0.4 is 5.73 Å². The third-order valence-corrected chi connectivity index (χ3v) is 2.96. The summed E-state index contributed by atoms with van der Waals surface area (Å²) < 4.78 is 42.1. The van der Waals surface area contributed by atoms with Crippen LogP contribution in [-0.2, 0) is 9.53 Å². The van der Waals surface area contributed by atoms with Gasteiger partial charge in [-0.2, -0.15) is 13.2 Å². The highest BCUT2D eigenvalue weighted by Crippen LogP contribution is 2.23. The summed E-state index contributed by atoms with van der Waals surface area (Å²) in [6.45, 7) is 5.41. The molecule has 0 bridgehead atoms. The van der Waals surface area contributed by atoms with Crippen molar-refractivity contribution in [2.45, 2.75) is 57.9 Å². The number of ether oxygens (including phenoxy) is 1. The van der Waals surface area contributed by atoms with E-state index in [4.69, 9.17) is 5.73 Å². The van der Waals surface area contributed by atoms with Gasteiger partial charge in [0.05, 0.1) is 13.7 Å². The molecule has 0 spiro atoms. The molecule has 2 atom stereocenters. The van der Waals surface area contributed by atoms with Gasteiger partial charge < -0.3 is 10.5 Å². The van der Waals surface area contributed by atoms with Crippen molar-refractivity contribution in [2.75, 3.05) is 13.7 Å². The van der Waals surface area contributed by atoms with Crippen LogP contribution >= 0.6 is 0 Å². The maximum Gasteiger partial charge on any atom is 0.401 e. The third-order valence-electron chi connectivity index (χ3n) is 2.96. The molecule has 0 heterocycles. The number of halogens is 3. The van der Waals surface area contributed by atoms with Crippen LogP contribution in [0.25, 0.3) is 0 Å². The third kappa shape index (κ3) is 6.24. The number of alkyl halides is 3. The van der Waals surface area contributed by atoms with Crippen molar-refractivity contribution >= 4 is 5.97 Å². The monoisotopic (exact) mass is 284 g/mol. The quantitative estimate of drug-likeness (QED) is 0.757. The molecule has 0 aliphatic rings. The Hall–Kier alpha value is -0.820. The van der Waals surface area contributed by atoms with E-state index < -0.39 is 30.3 Å². The average molecular weight is 284 g/mol. The van der Waals surface area contributed by atoms with Gasteiger partial charge in [0.15, 0.2) is 0 Å². The van der Waals surface area contributed by atoms with Crippen molar-refractivity contribution in [3.8, 4) is 0 Å². The molecule has 0 aliphatic carbocycles. The molecule has 2 N–H and O–H groups in total. The Morgan fingerprint density at radius 3 is 2.11 bits per heavy atom. The molecule has 2 unspecified atom stereocenters. The Kier molecular flexibility index (Phi) is 6.28. The fraction of sp³-hybridized carbons (Fsp3) is 0.917. The first kappa shape index (κ1) is 18.2. The second-order valence-electron chi connectivity index (χ2n) is 5.34. The molecular weight excluding hydrogens is 261 g/mol. The van der Waals surface area contributed by atoms with Crippen LogP contribution in [0.15, 0.2) is 0 Å². The van der Waals surface area contributed by atoms with Gasteiger partial charge in [-0.1, -0.05) is 0 Å². The molecule has 4 nitrogen and oxygen atoms in total. The van der Waals surface area contributed by atoms with E-state index in [1.54, 1.807) is 20.8 Å². The molecular formula is C12H23F3N2O2. The van der Waals surface area contributed by atoms with Crippen LogP contribution in [0, 0.1) is 0 Å². The van der Waals surface area contributed by atoms with E-state index >= 15 is 0 Å². The molecule has 0 aromatic heterocycles. The number of nitrogens with zero attached hydrogens (tertiary/aromatic N) is 1. The summed E-state index contributed by atoms with van der Waals surface area (Å²) in [5.74, 6) is -0.630. The molecule has 7 heteroatoms. The Bertz CT molecular complexity index is 304. The Morgan fingerprint density at radius 1 is 1.32 bits per heavy atom. The number of hydrogen-bond donors (Lipinski definition) is 1. The van der Waals surface area contributed by atoms with Crippen LogP contribution in [-0.4, -0.2) is 48.3 Å². The average Bonchev–Trinajstić information content (AvgIpc) is 2.22. The van der Waals surface area contributed by atoms with Crippen LogP contribution in [0.1, 0.15) is 34.1 Å². The lowest BCUT2D eigenvalue weighted by molar-refractivity contribution is -0.157. The first-order valence-electron chi connectivity index (χ1n) is 6.10. The minimum atomic E-state index is -4.28. The van der Waals surface area contributed by atoms with Gasteiger partial charge in [0.1, 0.15) is 5.54 Å². The summed E-state index contributed by atoms with van der Waals surface area (Å²) in [6.07, 6.45) is -4.19. The molecule has 0 aliphatic heterocycles. The molecule has 0 saturated heterocycles. The second-order valence-corrected chi connectivity index (χ2v) is 5.34. The maximum atomic E-state index is 12.5. The van der Waals surface area contributed by atoms with Gasteiger partial charge >= 0.3 is 12.1 Å². The Labute approximate surface area is 112 Å². The molecule has 0 rings (SSSR count). The lowest BCUT2D eigenvalue weighted by Gasteiger charge is -2.36. The smallest absolute Gasteiger partial charge is 0.401 e. The van der Waals surface area contributed by atoms with E-state index in [1.807, 2.05) is 0 Å². The van der Waals surface area contributed by atoms with Gasteiger partial charge in [-0.15, -0.1) is 0 Å². The predicted molar refractivity (Wildman–Crippen MR) is 66.6 cm³/mol. The number of carbonyl (C=O) groups is 1. The van der Waals surface area contributed by atoms with Gasteiger partial charge in [0.2, 0.25) is 0 Å². The predicted octanol–water partition coefficient (Wildman–Crippen LogP) is 1.93. The highest BCUT2D eigenvalue weighted by Gasteiger charge is 2.38. The van der Waals surface area contributed by atoms with Crippen molar-refractivity contribution < 1.29 is 22.7 Å². The zero-order chi connectivity index (χ0) is 15.4. The van der Waals surface area contributed by atoms with E-state index in [0.29, 0.717) is 0 Å². The van der Waals surface area contributed by atoms with Gasteiger partial charge in [-0.25, -0.2) is 0 Å². The van der Waals surface area contributed by atoms with Crippen molar-refractivity contribution in [1.82, 2.24) is 4.90 Å². The molecule has 19 heavy (non-hydrogen) atoms. The second kappa shape index (κ2) is 6.56. The molecule has 0 aromatic rings. The number of methoxy groups -OCH3 is 1. The maximum absolute atomic E-state index is 12.5. The summed E-state index contributed by atoms with van der Waals surface area (Å²) in [7, 11) is 1.20. The van der Waals surface area contributed by atoms with Gasteiger partial charge in [-0.05, 0) is 34.1 Å². The fourth-order valence-electron chi connectivity index (χ4n) is 2.10. The SMILES string of the molecule is COC(=O)C(C)(N)CC(C)N(CC(F)(F)F)C(C)C. The number of carbonyl (C=O) groups excluding carboxylic acids is 1. The molecule has 0 radical (unpaired) electrons. The molecule has 0 saturated carbocycles. The fourth-order valence-corrected chi connectivity index (χ4v) is 2.10. The highest BCUT2D eigenvalue weighted by atomic mass is 19.4. The Balaban J connectivity index is 4.84. The van der Waals surface area contributed by atoms with Crippen LogP contribution in [0.2, 0.25) is 0 Å². The zero-order valence-electron chi connectivity index (χ0n) is 12.0. The van der Waals surface area contributed by atoms with Crippen LogP contribution in [0.4, 0.5) is 13.2 Å². The minimum absolute atomic E-state index is 0.0912. The van der Waals surface area contributed by atoms with E-state index in [9.17, 15) is 18.0 Å². The largest absolute Gasteiger partial charge is 0.468 e. The van der Waals surface area contributed by atoms with Crippen molar-refractivity contribution in [1.29, 1.82) is 0 Å². The molecule has 0 amide bonds. The van der Waals surface area contributed by atoms with E-state index in [1.165, 1.54) is 18.9 Å². The first-order valence-corrected chi connectivity index (χ1v) is 6.10. The molecule has 0 fully saturated rings. The summed E-state index contributed by atoms with van der Waals surface area (Å²) in [4.78, 5) is 12.7. The number of hydrogen-bond acceptors (Lipinski definition) is 4. The standard InChI is InChI=1S/C12H23F3N2O2/c1-8(2)17(7-12(13,14)15)9(3)6-11(4,16)10(18)19-5/h8-9H,6-7,16H2,1-5H3. The molecule has 0 aromatic carbocycles. The number of rotatable bonds is 6. The summed E-state index contributed by atoms with van der Waals surface area (Å²) in [5, 5.41) is 0. The first-order chi connectivity index (χ1) is 8.40. The summed E-state index contributed by atoms with van der Waals surface area (Å²) >= 11 is 0. The minimum Gasteiger partial charge on any atom is -0.468 e. The lowest BCUT2D eigenvalue weighted by atomic mass is 9.93. The number of esters is 1. The van der Waals surface area contributed by atoms with E-state index in [2.05, 4.69) is 4.74 Å². The number of nitrogens with two attached hydrogens (primary N) is 1. The van der Waals surface area contributed by atoms with Crippen LogP contribution in [0.5, 0.6) is 0 Å². The van der Waals surface area contributed by atoms with E-state index in [0.717, 1.165) is 0 Å². The van der Waals surface area contributed by atoms with Gasteiger partial charge in [0.25, 0.3) is 0 Å². The van der Waals surface area contributed by atoms with Crippen molar-refractivity contribution in [2.24, 2.45) is 5.73 Å².